The van der Waals surface area contributed by atoms with E-state index in [-0.39, 0.29) is 10.6 Å². The average molecular weight is 440 g/mol. The Labute approximate surface area is 176 Å². The van der Waals surface area contributed by atoms with Crippen molar-refractivity contribution in [1.82, 2.24) is 10.2 Å². The fourth-order valence-electron chi connectivity index (χ4n) is 2.63. The van der Waals surface area contributed by atoms with Crippen LogP contribution in [0, 0.1) is 5.82 Å². The predicted octanol–water partition coefficient (Wildman–Crippen LogP) is 2.81. The third-order valence-corrected chi connectivity index (χ3v) is 6.67. The highest BCUT2D eigenvalue weighted by Crippen LogP contribution is 2.25. The first kappa shape index (κ1) is 23.2. The molecule has 0 saturated carbocycles. The Morgan fingerprint density at radius 3 is 2.41 bits per heavy atom. The maximum absolute atomic E-state index is 13.7. The zero-order valence-electron chi connectivity index (χ0n) is 16.8. The number of amides is 1. The Hall–Kier alpha value is -2.10. The number of nitrogens with zero attached hydrogens (tertiary/aromatic N) is 2. The molecule has 1 N–H and O–H groups in total. The van der Waals surface area contributed by atoms with Crippen LogP contribution in [0.2, 0.25) is 0 Å². The van der Waals surface area contributed by atoms with Crippen LogP contribution in [-0.2, 0) is 14.8 Å². The lowest BCUT2D eigenvalue weighted by molar-refractivity contribution is -0.119. The number of sulfonamides is 1. The van der Waals surface area contributed by atoms with Gasteiger partial charge in [-0.25, -0.2) is 12.8 Å². The van der Waals surface area contributed by atoms with E-state index in [4.69, 9.17) is 0 Å². The Kier molecular flexibility index (Phi) is 8.48. The minimum Gasteiger partial charge on any atom is -0.354 e. The standard InChI is InChI=1S/C20H26FN3O3S2/c1-23(2)13-5-12-22-20(25)15-24(17-7-4-6-16(21)14-17)29(26,27)19-10-8-18(28-3)9-11-19/h4,6-11,14H,5,12-13,15H2,1-3H3,(H,22,25). The van der Waals surface area contributed by atoms with Crippen molar-refractivity contribution >= 4 is 33.4 Å². The van der Waals surface area contributed by atoms with Crippen LogP contribution in [0.5, 0.6) is 0 Å². The number of nitrogens with one attached hydrogen (secondary N) is 1. The summed E-state index contributed by atoms with van der Waals surface area (Å²) in [6.45, 7) is 0.794. The monoisotopic (exact) mass is 439 g/mol. The van der Waals surface area contributed by atoms with Gasteiger partial charge in [0.15, 0.2) is 0 Å². The lowest BCUT2D eigenvalue weighted by Crippen LogP contribution is -2.41. The van der Waals surface area contributed by atoms with Crippen molar-refractivity contribution in [2.45, 2.75) is 16.2 Å². The molecule has 2 aromatic rings. The SMILES string of the molecule is CSc1ccc(S(=O)(=O)N(CC(=O)NCCCN(C)C)c2cccc(F)c2)cc1. The molecule has 9 heteroatoms. The second-order valence-corrected chi connectivity index (χ2v) is 9.42. The highest BCUT2D eigenvalue weighted by atomic mass is 32.2. The Morgan fingerprint density at radius 2 is 1.83 bits per heavy atom. The van der Waals surface area contributed by atoms with Crippen LogP contribution in [0.15, 0.2) is 58.3 Å². The van der Waals surface area contributed by atoms with Gasteiger partial charge in [-0.2, -0.15) is 0 Å². The van der Waals surface area contributed by atoms with Gasteiger partial charge >= 0.3 is 0 Å². The number of rotatable bonds is 10. The minimum absolute atomic E-state index is 0.0416. The van der Waals surface area contributed by atoms with E-state index >= 15 is 0 Å². The molecule has 2 rings (SSSR count). The normalized spacial score (nSPS) is 11.5. The van der Waals surface area contributed by atoms with Gasteiger partial charge in [-0.15, -0.1) is 11.8 Å². The molecule has 0 aliphatic rings. The Morgan fingerprint density at radius 1 is 1.14 bits per heavy atom. The lowest BCUT2D eigenvalue weighted by atomic mass is 10.3. The van der Waals surface area contributed by atoms with Gasteiger partial charge in [-0.1, -0.05) is 6.07 Å². The Bertz CT molecular complexity index is 919. The van der Waals surface area contributed by atoms with Crippen LogP contribution in [0.3, 0.4) is 0 Å². The molecule has 0 aromatic heterocycles. The average Bonchev–Trinajstić information content (AvgIpc) is 2.69. The molecular formula is C20H26FN3O3S2. The summed E-state index contributed by atoms with van der Waals surface area (Å²) in [4.78, 5) is 15.4. The maximum atomic E-state index is 13.7. The molecule has 0 aliphatic heterocycles. The van der Waals surface area contributed by atoms with Gasteiger partial charge in [0.2, 0.25) is 5.91 Å². The number of carbonyl (C=O) groups excluding carboxylic acids is 1. The summed E-state index contributed by atoms with van der Waals surface area (Å²) in [7, 11) is -0.181. The highest BCUT2D eigenvalue weighted by molar-refractivity contribution is 7.98. The summed E-state index contributed by atoms with van der Waals surface area (Å²) in [5, 5.41) is 2.73. The number of thioether (sulfide) groups is 1. The number of hydrogen-bond donors (Lipinski definition) is 1. The molecule has 2 aromatic carbocycles. The molecule has 0 bridgehead atoms. The van der Waals surface area contributed by atoms with Gasteiger partial charge in [0, 0.05) is 11.4 Å². The second kappa shape index (κ2) is 10.6. The largest absolute Gasteiger partial charge is 0.354 e. The molecule has 0 radical (unpaired) electrons. The number of hydrogen-bond acceptors (Lipinski definition) is 5. The van der Waals surface area contributed by atoms with Crippen molar-refractivity contribution in [2.24, 2.45) is 0 Å². The fourth-order valence-corrected chi connectivity index (χ4v) is 4.45. The van der Waals surface area contributed by atoms with Crippen LogP contribution >= 0.6 is 11.8 Å². The van der Waals surface area contributed by atoms with Gasteiger partial charge in [-0.05, 0) is 75.8 Å². The van der Waals surface area contributed by atoms with Crippen LogP contribution in [0.1, 0.15) is 6.42 Å². The molecule has 0 heterocycles. The molecule has 158 valence electrons. The molecule has 6 nitrogen and oxygen atoms in total. The molecule has 0 aliphatic carbocycles. The van der Waals surface area contributed by atoms with Gasteiger partial charge in [0.05, 0.1) is 10.6 Å². The van der Waals surface area contributed by atoms with Crippen molar-refractivity contribution < 1.29 is 17.6 Å². The summed E-state index contributed by atoms with van der Waals surface area (Å²) in [5.41, 5.74) is 0.0994. The molecular weight excluding hydrogens is 413 g/mol. The fraction of sp³-hybridized carbons (Fsp3) is 0.350. The summed E-state index contributed by atoms with van der Waals surface area (Å²) in [6, 6.07) is 11.6. The van der Waals surface area contributed by atoms with Crippen LogP contribution in [0.25, 0.3) is 0 Å². The maximum Gasteiger partial charge on any atom is 0.264 e. The van der Waals surface area contributed by atoms with E-state index < -0.39 is 28.3 Å². The summed E-state index contributed by atoms with van der Waals surface area (Å²) in [5.74, 6) is -1.02. The zero-order valence-corrected chi connectivity index (χ0v) is 18.4. The Balaban J connectivity index is 2.26. The predicted molar refractivity (Wildman–Crippen MR) is 115 cm³/mol. The molecule has 29 heavy (non-hydrogen) atoms. The molecule has 0 saturated heterocycles. The zero-order chi connectivity index (χ0) is 21.4. The third-order valence-electron chi connectivity index (χ3n) is 4.14. The van der Waals surface area contributed by atoms with E-state index in [9.17, 15) is 17.6 Å². The van der Waals surface area contributed by atoms with E-state index in [0.29, 0.717) is 6.54 Å². The number of carbonyl (C=O) groups is 1. The van der Waals surface area contributed by atoms with E-state index in [1.165, 1.54) is 42.1 Å². The van der Waals surface area contributed by atoms with E-state index in [2.05, 4.69) is 5.32 Å². The summed E-state index contributed by atoms with van der Waals surface area (Å²) >= 11 is 1.49. The van der Waals surface area contributed by atoms with Gasteiger partial charge < -0.3 is 10.2 Å². The van der Waals surface area contributed by atoms with E-state index in [1.54, 1.807) is 12.1 Å². The van der Waals surface area contributed by atoms with Gasteiger partial charge in [0.25, 0.3) is 10.0 Å². The van der Waals surface area contributed by atoms with Crippen LogP contribution < -0.4 is 9.62 Å². The van der Waals surface area contributed by atoms with Crippen molar-refractivity contribution in [3.05, 3.63) is 54.3 Å². The molecule has 0 fully saturated rings. The number of anilines is 1. The number of benzene rings is 2. The van der Waals surface area contributed by atoms with Crippen molar-refractivity contribution in [1.29, 1.82) is 0 Å². The van der Waals surface area contributed by atoms with Crippen molar-refractivity contribution in [2.75, 3.05) is 44.3 Å². The quantitative estimate of drug-likeness (QED) is 0.455. The smallest absolute Gasteiger partial charge is 0.264 e. The van der Waals surface area contributed by atoms with E-state index in [0.717, 1.165) is 28.2 Å². The first-order valence-electron chi connectivity index (χ1n) is 9.08. The van der Waals surface area contributed by atoms with Crippen molar-refractivity contribution in [3.63, 3.8) is 0 Å². The summed E-state index contributed by atoms with van der Waals surface area (Å²) in [6.07, 6.45) is 2.63. The first-order valence-corrected chi connectivity index (χ1v) is 11.7. The van der Waals surface area contributed by atoms with Gasteiger partial charge in [0.1, 0.15) is 12.4 Å². The summed E-state index contributed by atoms with van der Waals surface area (Å²) < 4.78 is 41.1. The van der Waals surface area contributed by atoms with Crippen LogP contribution in [0.4, 0.5) is 10.1 Å². The molecule has 0 spiro atoms. The molecule has 0 unspecified atom stereocenters. The van der Waals surface area contributed by atoms with E-state index in [1.807, 2.05) is 25.3 Å². The third kappa shape index (κ3) is 6.73. The molecule has 1 amide bonds. The minimum atomic E-state index is -4.05. The first-order chi connectivity index (χ1) is 13.7. The topological polar surface area (TPSA) is 69.7 Å². The van der Waals surface area contributed by atoms with Crippen molar-refractivity contribution in [3.8, 4) is 0 Å². The highest BCUT2D eigenvalue weighted by Gasteiger charge is 2.27. The van der Waals surface area contributed by atoms with Gasteiger partial charge in [-0.3, -0.25) is 9.10 Å². The molecule has 0 atom stereocenters. The number of halogens is 1. The van der Waals surface area contributed by atoms with Crippen LogP contribution in [-0.4, -0.2) is 59.2 Å². The lowest BCUT2D eigenvalue weighted by Gasteiger charge is -2.24. The second-order valence-electron chi connectivity index (χ2n) is 6.67.